The first-order valence-corrected chi connectivity index (χ1v) is 21.5. The number of Topliss-reactive ketones (excluding diaryl/α,β-unsaturated/α-hetero) is 1. The highest BCUT2D eigenvalue weighted by Gasteiger charge is 2.70. The number of nitrogens with zero attached hydrogens (tertiary/aromatic N) is 5. The maximum absolute atomic E-state index is 14.3. The van der Waals surface area contributed by atoms with Crippen LogP contribution in [0.25, 0.3) is 5.57 Å². The fourth-order valence-electron chi connectivity index (χ4n) is 13.6. The van der Waals surface area contributed by atoms with Crippen molar-refractivity contribution in [2.45, 2.75) is 119 Å². The number of allylic oxidation sites excluding steroid dienone is 3. The van der Waals surface area contributed by atoms with E-state index in [9.17, 15) is 19.8 Å². The number of benzene rings is 1. The van der Waals surface area contributed by atoms with E-state index >= 15 is 0 Å². The zero-order valence-corrected chi connectivity index (χ0v) is 36.1. The van der Waals surface area contributed by atoms with Crippen molar-refractivity contribution >= 4 is 28.9 Å². The Bertz CT molecular complexity index is 1900. The van der Waals surface area contributed by atoms with Gasteiger partial charge in [-0.2, -0.15) is 0 Å². The topological polar surface area (TPSA) is 112 Å². The summed E-state index contributed by atoms with van der Waals surface area (Å²) in [7, 11) is 4.18. The lowest BCUT2D eigenvalue weighted by Crippen LogP contribution is -2.64. The average molecular weight is 789 g/mol. The number of aliphatic hydroxyl groups excluding tert-OH is 1. The maximum Gasteiger partial charge on any atom is 0.325 e. The minimum atomic E-state index is -0.926. The van der Waals surface area contributed by atoms with Crippen LogP contribution in [0, 0.1) is 50.7 Å². The number of carboxylic acid groups (broad SMARTS) is 1. The first-order chi connectivity index (χ1) is 26.3. The van der Waals surface area contributed by atoms with Crippen LogP contribution in [-0.4, -0.2) is 86.6 Å². The Morgan fingerprint density at radius 3 is 2.36 bits per heavy atom. The van der Waals surface area contributed by atoms with E-state index in [1.165, 1.54) is 21.4 Å². The number of carbonyl (C=O) groups is 2. The Labute approximate surface area is 339 Å². The van der Waals surface area contributed by atoms with Gasteiger partial charge in [-0.05, 0) is 133 Å². The molecule has 3 fully saturated rings. The van der Waals surface area contributed by atoms with Crippen molar-refractivity contribution in [3.05, 3.63) is 64.0 Å². The van der Waals surface area contributed by atoms with Gasteiger partial charge in [0.1, 0.15) is 12.2 Å². The van der Waals surface area contributed by atoms with Crippen LogP contribution in [0.4, 0.5) is 0 Å². The summed E-state index contributed by atoms with van der Waals surface area (Å²) in [6, 6.07) is 8.03. The number of aromatic nitrogens is 3. The number of carbonyl (C=O) groups excluding carboxylic acids is 1. The molecule has 0 aliphatic heterocycles. The van der Waals surface area contributed by atoms with Crippen LogP contribution in [0.1, 0.15) is 111 Å². The molecule has 0 radical (unpaired) electrons. The summed E-state index contributed by atoms with van der Waals surface area (Å²) in [5.41, 5.74) is 4.92. The molecular weight excluding hydrogens is 722 g/mol. The number of aliphatic hydroxyl groups is 1. The van der Waals surface area contributed by atoms with E-state index in [4.69, 9.17) is 11.6 Å². The SMILES string of the molecule is CC(C)C1=C2[C@H]3CC[C@@H]4[C@@]5(C)CC=C(c6cn(CC(=O)O)nn6)C(C)(C)[C@@H]5CC[C@@]4(C)[C@]3(C)CC[C@@]2([C@@H](O)CN(CCN(C)C)Cc2ccc(Cl)cc2)CC1=O. The lowest BCUT2D eigenvalue weighted by molar-refractivity contribution is -0.200. The molecule has 0 amide bonds. The molecule has 56 heavy (non-hydrogen) atoms. The molecule has 2 N–H and O–H groups in total. The minimum Gasteiger partial charge on any atom is -0.480 e. The summed E-state index contributed by atoms with van der Waals surface area (Å²) in [6.07, 6.45) is 11.2. The first kappa shape index (κ1) is 41.3. The predicted octanol–water partition coefficient (Wildman–Crippen LogP) is 8.41. The van der Waals surface area contributed by atoms with E-state index in [0.717, 1.165) is 80.9 Å². The van der Waals surface area contributed by atoms with E-state index in [1.807, 2.05) is 12.1 Å². The van der Waals surface area contributed by atoms with Crippen LogP contribution < -0.4 is 0 Å². The molecule has 0 unspecified atom stereocenters. The van der Waals surface area contributed by atoms with E-state index in [-0.39, 0.29) is 45.8 Å². The van der Waals surface area contributed by atoms with E-state index in [2.05, 4.69) is 101 Å². The fourth-order valence-corrected chi connectivity index (χ4v) is 13.7. The van der Waals surface area contributed by atoms with Gasteiger partial charge in [0.25, 0.3) is 0 Å². The molecule has 1 heterocycles. The minimum absolute atomic E-state index is 0.00517. The van der Waals surface area contributed by atoms with Crippen LogP contribution in [0.3, 0.4) is 0 Å². The fraction of sp³-hybridized carbons (Fsp3) is 0.696. The van der Waals surface area contributed by atoms with Gasteiger partial charge < -0.3 is 15.1 Å². The van der Waals surface area contributed by atoms with Crippen molar-refractivity contribution in [3.8, 4) is 0 Å². The van der Waals surface area contributed by atoms with Crippen molar-refractivity contribution in [3.63, 3.8) is 0 Å². The van der Waals surface area contributed by atoms with Crippen LogP contribution in [0.15, 0.2) is 47.7 Å². The zero-order chi connectivity index (χ0) is 40.6. The highest BCUT2D eigenvalue weighted by Crippen LogP contribution is 2.77. The van der Waals surface area contributed by atoms with E-state index in [0.29, 0.717) is 24.8 Å². The Hall–Kier alpha value is -2.85. The molecule has 1 aromatic heterocycles. The van der Waals surface area contributed by atoms with Gasteiger partial charge in [-0.15, -0.1) is 5.10 Å². The van der Waals surface area contributed by atoms with Gasteiger partial charge >= 0.3 is 5.97 Å². The number of hydrogen-bond acceptors (Lipinski definition) is 7. The van der Waals surface area contributed by atoms with Gasteiger partial charge in [0.15, 0.2) is 5.78 Å². The molecule has 10 heteroatoms. The van der Waals surface area contributed by atoms with Crippen LogP contribution >= 0.6 is 11.6 Å². The summed E-state index contributed by atoms with van der Waals surface area (Å²) < 4.78 is 1.43. The molecule has 3 saturated carbocycles. The highest BCUT2D eigenvalue weighted by atomic mass is 35.5. The third-order valence-electron chi connectivity index (χ3n) is 16.4. The highest BCUT2D eigenvalue weighted by molar-refractivity contribution is 6.30. The van der Waals surface area contributed by atoms with Crippen molar-refractivity contribution < 1.29 is 19.8 Å². The lowest BCUT2D eigenvalue weighted by Gasteiger charge is -2.71. The molecule has 5 aliphatic rings. The number of fused-ring (bicyclic) bond motifs is 7. The third kappa shape index (κ3) is 6.64. The van der Waals surface area contributed by atoms with E-state index in [1.54, 1.807) is 6.20 Å². The summed E-state index contributed by atoms with van der Waals surface area (Å²) in [6.45, 7) is 19.6. The molecule has 5 aliphatic carbocycles. The monoisotopic (exact) mass is 787 g/mol. The molecule has 1 aromatic carbocycles. The first-order valence-electron chi connectivity index (χ1n) is 21.2. The molecular formula is C46H66ClN5O4. The van der Waals surface area contributed by atoms with Gasteiger partial charge in [0.2, 0.25) is 0 Å². The van der Waals surface area contributed by atoms with Crippen LogP contribution in [0.5, 0.6) is 0 Å². The summed E-state index contributed by atoms with van der Waals surface area (Å²) in [5, 5.41) is 31.4. The molecule has 0 saturated heterocycles. The summed E-state index contributed by atoms with van der Waals surface area (Å²) in [4.78, 5) is 30.3. The number of aliphatic carboxylic acids is 1. The second-order valence-electron chi connectivity index (χ2n) is 20.3. The number of rotatable bonds is 12. The molecule has 0 bridgehead atoms. The Morgan fingerprint density at radius 1 is 0.982 bits per heavy atom. The normalized spacial score (nSPS) is 34.3. The molecule has 8 atom stereocenters. The lowest BCUT2D eigenvalue weighted by atomic mass is 9.33. The van der Waals surface area contributed by atoms with Gasteiger partial charge in [0, 0.05) is 43.0 Å². The van der Waals surface area contributed by atoms with Crippen molar-refractivity contribution in [1.29, 1.82) is 0 Å². The van der Waals surface area contributed by atoms with E-state index < -0.39 is 17.5 Å². The third-order valence-corrected chi connectivity index (χ3v) is 16.7. The largest absolute Gasteiger partial charge is 0.480 e. The number of likely N-dealkylation sites (N-methyl/N-ethyl adjacent to an activating group) is 1. The molecule has 9 nitrogen and oxygen atoms in total. The zero-order valence-electron chi connectivity index (χ0n) is 35.4. The molecule has 7 rings (SSSR count). The number of halogens is 1. The summed E-state index contributed by atoms with van der Waals surface area (Å²) in [5.74, 6) is 0.650. The predicted molar refractivity (Wildman–Crippen MR) is 222 cm³/mol. The van der Waals surface area contributed by atoms with Crippen molar-refractivity contribution in [2.75, 3.05) is 33.7 Å². The average Bonchev–Trinajstić information content (AvgIpc) is 3.69. The van der Waals surface area contributed by atoms with Crippen molar-refractivity contribution in [2.24, 2.45) is 50.7 Å². The second-order valence-corrected chi connectivity index (χ2v) is 20.7. The summed E-state index contributed by atoms with van der Waals surface area (Å²) >= 11 is 6.25. The molecule has 2 aromatic rings. The number of carboxylic acids is 1. The van der Waals surface area contributed by atoms with Crippen molar-refractivity contribution in [1.82, 2.24) is 24.8 Å². The van der Waals surface area contributed by atoms with Gasteiger partial charge in [-0.3, -0.25) is 14.5 Å². The quantitative estimate of drug-likeness (QED) is 0.221. The molecule has 0 spiro atoms. The van der Waals surface area contributed by atoms with Gasteiger partial charge in [-0.25, -0.2) is 4.68 Å². The van der Waals surface area contributed by atoms with Gasteiger partial charge in [-0.1, -0.05) is 89.1 Å². The molecule has 306 valence electrons. The Morgan fingerprint density at radius 2 is 1.70 bits per heavy atom. The second kappa shape index (κ2) is 14.8. The number of hydrogen-bond donors (Lipinski definition) is 2. The number of ketones is 1. The van der Waals surface area contributed by atoms with Crippen LogP contribution in [0.2, 0.25) is 5.02 Å². The van der Waals surface area contributed by atoms with Gasteiger partial charge in [0.05, 0.1) is 12.3 Å². The van der Waals surface area contributed by atoms with Crippen LogP contribution in [-0.2, 0) is 22.7 Å². The standard InChI is InChI=1S/C46H66ClN5O4/c1-29(2)40-35(53)24-46(38(54)27-51(23-22-50(8)9)25-30-10-12-31(47)13-11-30)21-20-44(6)33(41(40)46)14-15-37-43(5)18-16-32(34-26-52(49-48-34)28-39(55)56)42(3,4)36(43)17-19-45(37,44)7/h10-13,16,26,29,33,36-38,54H,14-15,17-25,27-28H2,1-9H3,(H,55,56)/t33-,36+,37-,38+,43+,44-,45-,46+/m1/s1. The Kier molecular flexibility index (Phi) is 10.9. The maximum atomic E-state index is 14.3. The Balaban J connectivity index is 1.21. The smallest absolute Gasteiger partial charge is 0.325 e.